The highest BCUT2D eigenvalue weighted by Gasteiger charge is 1.92. The summed E-state index contributed by atoms with van der Waals surface area (Å²) in [4.78, 5) is 0. The number of allylic oxidation sites excluding steroid dienone is 2. The van der Waals surface area contributed by atoms with E-state index in [9.17, 15) is 0 Å². The molecule has 0 unspecified atom stereocenters. The summed E-state index contributed by atoms with van der Waals surface area (Å²) in [5.74, 6) is 0. The van der Waals surface area contributed by atoms with Gasteiger partial charge in [0.15, 0.2) is 0 Å². The average molecular weight is 391 g/mol. The van der Waals surface area contributed by atoms with Crippen LogP contribution in [-0.2, 0) is 4.74 Å². The van der Waals surface area contributed by atoms with E-state index < -0.39 is 0 Å². The summed E-state index contributed by atoms with van der Waals surface area (Å²) in [5.41, 5.74) is 0. The van der Waals surface area contributed by atoms with Crippen molar-refractivity contribution in [1.82, 2.24) is 0 Å². The van der Waals surface area contributed by atoms with Gasteiger partial charge < -0.3 is 23.6 Å². The maximum atomic E-state index is 5.66. The predicted molar refractivity (Wildman–Crippen MR) is 96.4 cm³/mol. The molecule has 0 aliphatic rings. The van der Waals surface area contributed by atoms with Crippen LogP contribution >= 0.6 is 18.9 Å². The molecule has 0 aromatic heterocycles. The fourth-order valence-corrected chi connectivity index (χ4v) is 3.71. The zero-order chi connectivity index (χ0) is 14.0. The number of unbranched alkanes of at least 4 members (excludes halogenated alkanes) is 7. The number of ether oxygens (including phenoxy) is 1. The Kier molecular flexibility index (Phi) is 20.4. The summed E-state index contributed by atoms with van der Waals surface area (Å²) in [6.45, 7) is 4.19. The Hall–Kier alpha value is 1.20. The summed E-state index contributed by atoms with van der Waals surface area (Å²) in [5, 5.41) is 0. The Morgan fingerprint density at radius 1 is 0.842 bits per heavy atom. The SMILES string of the molecule is CCCCCCCCCOCCC/C=C\C[CH2][Mg][I]. The van der Waals surface area contributed by atoms with Gasteiger partial charge in [-0.1, -0.05) is 64.0 Å². The molecule has 0 aromatic rings. The molecule has 19 heavy (non-hydrogen) atoms. The fourth-order valence-electron chi connectivity index (χ4n) is 2.00. The number of rotatable bonds is 15. The Morgan fingerprint density at radius 2 is 1.47 bits per heavy atom. The van der Waals surface area contributed by atoms with Crippen LogP contribution in [0, 0.1) is 0 Å². The minimum absolute atomic E-state index is 0.245. The molecule has 110 valence electrons. The second-order valence-corrected chi connectivity index (χ2v) is 9.50. The van der Waals surface area contributed by atoms with E-state index in [0.29, 0.717) is 0 Å². The van der Waals surface area contributed by atoms with Crippen LogP contribution in [0.15, 0.2) is 12.2 Å². The van der Waals surface area contributed by atoms with Crippen molar-refractivity contribution in [3.8, 4) is 0 Å². The van der Waals surface area contributed by atoms with Crippen LogP contribution in [0.4, 0.5) is 0 Å². The molecule has 0 amide bonds. The smallest absolute Gasteiger partial charge is 0.381 e. The van der Waals surface area contributed by atoms with Crippen LogP contribution in [0.5, 0.6) is 0 Å². The number of hydrogen-bond donors (Lipinski definition) is 0. The van der Waals surface area contributed by atoms with Crippen molar-refractivity contribution >= 4 is 35.3 Å². The van der Waals surface area contributed by atoms with Gasteiger partial charge in [0.2, 0.25) is 0 Å². The van der Waals surface area contributed by atoms with Gasteiger partial charge in [0.1, 0.15) is 0 Å². The Labute approximate surface area is 140 Å². The molecule has 0 bridgehead atoms. The van der Waals surface area contributed by atoms with Crippen LogP contribution in [0.25, 0.3) is 0 Å². The van der Waals surface area contributed by atoms with Crippen molar-refractivity contribution in [2.24, 2.45) is 0 Å². The van der Waals surface area contributed by atoms with E-state index in [1.807, 2.05) is 0 Å². The van der Waals surface area contributed by atoms with Gasteiger partial charge in [-0.15, -0.1) is 4.55 Å². The first-order chi connectivity index (χ1) is 9.41. The first-order valence-corrected chi connectivity index (χ1v) is 14.3. The average Bonchev–Trinajstić information content (AvgIpc) is 2.43. The molecule has 3 heteroatoms. The van der Waals surface area contributed by atoms with Gasteiger partial charge in [0.25, 0.3) is 0 Å². The molecule has 0 aliphatic carbocycles. The van der Waals surface area contributed by atoms with Gasteiger partial charge in [0, 0.05) is 13.2 Å². The third kappa shape index (κ3) is 19.2. The highest BCUT2D eigenvalue weighted by Crippen LogP contribution is 2.07. The predicted octanol–water partition coefficient (Wildman–Crippen LogP) is 5.95. The van der Waals surface area contributed by atoms with Crippen LogP contribution in [0.2, 0.25) is 4.55 Å². The van der Waals surface area contributed by atoms with Gasteiger partial charge in [-0.05, 0) is 19.3 Å². The summed E-state index contributed by atoms with van der Waals surface area (Å²) >= 11 is 2.82. The van der Waals surface area contributed by atoms with Gasteiger partial charge in [-0.2, -0.15) is 0 Å². The van der Waals surface area contributed by atoms with Crippen molar-refractivity contribution in [2.45, 2.75) is 75.7 Å². The van der Waals surface area contributed by atoms with Gasteiger partial charge in [-0.25, -0.2) is 0 Å². The lowest BCUT2D eigenvalue weighted by Crippen LogP contribution is -1.96. The zero-order valence-corrected chi connectivity index (χ0v) is 16.4. The van der Waals surface area contributed by atoms with E-state index in [1.54, 1.807) is 0 Å². The summed E-state index contributed by atoms with van der Waals surface area (Å²) in [6.07, 6.45) is 17.9. The Bertz CT molecular complexity index is 186. The van der Waals surface area contributed by atoms with Crippen molar-refractivity contribution < 1.29 is 4.74 Å². The quantitative estimate of drug-likeness (QED) is 0.145. The van der Waals surface area contributed by atoms with Crippen molar-refractivity contribution in [3.63, 3.8) is 0 Å². The topological polar surface area (TPSA) is 9.23 Å². The Morgan fingerprint density at radius 3 is 2.21 bits per heavy atom. The highest BCUT2D eigenvalue weighted by atomic mass is 127. The van der Waals surface area contributed by atoms with Crippen LogP contribution < -0.4 is 0 Å². The van der Waals surface area contributed by atoms with E-state index in [0.717, 1.165) is 13.2 Å². The van der Waals surface area contributed by atoms with Crippen LogP contribution in [-0.4, -0.2) is 29.7 Å². The molecule has 0 heterocycles. The molecule has 0 aromatic carbocycles. The fraction of sp³-hybridized carbons (Fsp3) is 0.875. The molecule has 0 rings (SSSR count). The normalized spacial score (nSPS) is 11.1. The molecule has 0 saturated carbocycles. The highest BCUT2D eigenvalue weighted by molar-refractivity contribution is 14.1. The van der Waals surface area contributed by atoms with E-state index in [1.165, 1.54) is 68.8 Å². The van der Waals surface area contributed by atoms with Crippen molar-refractivity contribution in [3.05, 3.63) is 12.2 Å². The number of hydrogen-bond acceptors (Lipinski definition) is 1. The maximum Gasteiger partial charge on any atom is 0.464 e. The zero-order valence-electron chi connectivity index (χ0n) is 12.8. The first-order valence-electron chi connectivity index (χ1n) is 8.20. The molecular weight excluding hydrogens is 359 g/mol. The summed E-state index contributed by atoms with van der Waals surface area (Å²) in [7, 11) is 0. The molecule has 0 N–H and O–H groups in total. The van der Waals surface area contributed by atoms with Gasteiger partial charge >= 0.3 is 16.5 Å². The van der Waals surface area contributed by atoms with E-state index >= 15 is 0 Å². The summed E-state index contributed by atoms with van der Waals surface area (Å²) < 4.78 is 7.11. The maximum absolute atomic E-state index is 5.66. The molecular formula is C16H31IMgO. The lowest BCUT2D eigenvalue weighted by atomic mass is 10.1. The monoisotopic (exact) mass is 390 g/mol. The minimum Gasteiger partial charge on any atom is -0.381 e. The molecule has 0 saturated heterocycles. The van der Waals surface area contributed by atoms with Crippen LogP contribution in [0.1, 0.15) is 71.1 Å². The number of halogens is 1. The molecule has 0 atom stereocenters. The van der Waals surface area contributed by atoms with Gasteiger partial charge in [0.05, 0.1) is 0 Å². The second kappa shape index (κ2) is 19.2. The standard InChI is InChI=1S/C16H31O.HI.Mg/c1-3-5-7-9-10-12-14-16-17-15-13-11-8-6-4-2;;/h6,8H,2-5,7,9-16H2,1H3;1H;/q;;+1/p-1/b8-6-;;. The summed E-state index contributed by atoms with van der Waals surface area (Å²) in [6, 6.07) is 0. The Balaban J connectivity index is 2.97. The van der Waals surface area contributed by atoms with Crippen LogP contribution in [0.3, 0.4) is 0 Å². The molecule has 0 aliphatic heterocycles. The van der Waals surface area contributed by atoms with Crippen molar-refractivity contribution in [2.75, 3.05) is 13.2 Å². The third-order valence-corrected chi connectivity index (χ3v) is 6.19. The molecule has 0 fully saturated rings. The largest absolute Gasteiger partial charge is 0.464 e. The lowest BCUT2D eigenvalue weighted by molar-refractivity contribution is 0.128. The first kappa shape index (κ1) is 20.2. The molecule has 0 spiro atoms. The van der Waals surface area contributed by atoms with E-state index in [4.69, 9.17) is 4.74 Å². The van der Waals surface area contributed by atoms with E-state index in [2.05, 4.69) is 37.9 Å². The minimum atomic E-state index is 0.245. The lowest BCUT2D eigenvalue weighted by Gasteiger charge is -2.03. The third-order valence-electron chi connectivity index (χ3n) is 3.22. The van der Waals surface area contributed by atoms with Crippen molar-refractivity contribution in [1.29, 1.82) is 0 Å². The van der Waals surface area contributed by atoms with E-state index in [-0.39, 0.29) is 16.5 Å². The second-order valence-electron chi connectivity index (χ2n) is 5.18. The molecule has 1 nitrogen and oxygen atoms in total. The molecule has 0 radical (unpaired) electrons. The van der Waals surface area contributed by atoms with Gasteiger partial charge in [-0.3, -0.25) is 0 Å².